The number of halogens is 10. The molecule has 0 saturated carbocycles. The third-order valence-electron chi connectivity index (χ3n) is 5.21. The molecule has 0 fully saturated rings. The fourth-order valence-corrected chi connectivity index (χ4v) is 3.98. The Morgan fingerprint density at radius 2 is 1.74 bits per heavy atom. The number of benzene rings is 1. The lowest BCUT2D eigenvalue weighted by Gasteiger charge is -2.27. The smallest absolute Gasteiger partial charge is 0.460 e. The first-order valence-electron chi connectivity index (χ1n) is 10.4. The third kappa shape index (κ3) is 6.18. The minimum Gasteiger partial charge on any atom is -0.467 e. The number of rotatable bonds is 9. The summed E-state index contributed by atoms with van der Waals surface area (Å²) in [4.78, 5) is 28.4. The number of hydrogen-bond acceptors (Lipinski definition) is 5. The first-order valence-corrected chi connectivity index (χ1v) is 11.2. The fourth-order valence-electron chi connectivity index (χ4n) is 3.30. The van der Waals surface area contributed by atoms with Crippen LogP contribution in [0, 0.1) is 6.92 Å². The second-order valence-corrected chi connectivity index (χ2v) is 8.63. The number of alkyl halides is 7. The summed E-state index contributed by atoms with van der Waals surface area (Å²) in [5, 5.41) is 3.53. The van der Waals surface area contributed by atoms with Gasteiger partial charge in [0.25, 0.3) is 5.91 Å². The van der Waals surface area contributed by atoms with Crippen LogP contribution in [0.5, 0.6) is 5.75 Å². The van der Waals surface area contributed by atoms with Crippen molar-refractivity contribution >= 4 is 52.9 Å². The maximum atomic E-state index is 13.5. The number of fused-ring (bicyclic) bond motifs is 1. The number of ether oxygens (including phenoxy) is 1. The normalized spacial score (nSPS) is 13.1. The van der Waals surface area contributed by atoms with Gasteiger partial charge in [0.05, 0.1) is 22.3 Å². The topological polar surface area (TPSA) is 84.7 Å². The van der Waals surface area contributed by atoms with Gasteiger partial charge in [-0.05, 0) is 38.2 Å². The molecule has 7 nitrogen and oxygen atoms in total. The molecule has 214 valence electrons. The van der Waals surface area contributed by atoms with Crippen molar-refractivity contribution < 1.29 is 45.1 Å². The lowest BCUT2D eigenvalue weighted by atomic mass is 10.0. The quantitative estimate of drug-likeness (QED) is 0.179. The first kappa shape index (κ1) is 32.4. The van der Waals surface area contributed by atoms with Crippen LogP contribution in [0.25, 0.3) is 5.65 Å². The molecule has 1 aromatic carbocycles. The molecule has 0 saturated heterocycles. The molecule has 39 heavy (non-hydrogen) atoms. The summed E-state index contributed by atoms with van der Waals surface area (Å²) in [7, 11) is 1.46. The summed E-state index contributed by atoms with van der Waals surface area (Å²) in [5.74, 6) is -16.8. The summed E-state index contributed by atoms with van der Waals surface area (Å²) in [5.41, 5.74) is 0.721. The van der Waals surface area contributed by atoms with Crippen molar-refractivity contribution in [3.05, 3.63) is 63.5 Å². The van der Waals surface area contributed by atoms with E-state index in [-0.39, 0.29) is 33.8 Å². The molecular weight excluding hydrogens is 608 g/mol. The highest BCUT2D eigenvalue weighted by atomic mass is 35.5. The van der Waals surface area contributed by atoms with Crippen LogP contribution in [0.15, 0.2) is 36.7 Å². The largest absolute Gasteiger partial charge is 0.467 e. The van der Waals surface area contributed by atoms with Crippen molar-refractivity contribution in [2.75, 3.05) is 13.6 Å². The molecule has 1 unspecified atom stereocenters. The van der Waals surface area contributed by atoms with Gasteiger partial charge < -0.3 is 14.5 Å². The lowest BCUT2D eigenvalue weighted by molar-refractivity contribution is -0.344. The summed E-state index contributed by atoms with van der Waals surface area (Å²) in [6.45, 7) is 0.384. The second kappa shape index (κ2) is 11.7. The van der Waals surface area contributed by atoms with Crippen molar-refractivity contribution in [3.63, 3.8) is 0 Å². The number of ketones is 1. The number of pyridine rings is 1. The molecular formula is C22H18Cl3F7N4O3. The van der Waals surface area contributed by atoms with Crippen molar-refractivity contribution in [2.24, 2.45) is 0 Å². The molecule has 2 aromatic heterocycles. The molecule has 1 atom stereocenters. The standard InChI is InChI=1S/C22H17Cl2F7N4O3.ClH/c1-10-9-35-7-3-4-14(17(35)34-10)38-18(32-2)15-12(23)6-5-11(16(15)24)13(36)8-33-19(37)20(25,26)21(27,28)22(29,30)31;/h3-7,9,18,32H,8H2,1-2H3,(H,33,37);1H. The second-order valence-electron chi connectivity index (χ2n) is 7.85. The molecule has 0 spiro atoms. The van der Waals surface area contributed by atoms with Gasteiger partial charge in [0.2, 0.25) is 0 Å². The van der Waals surface area contributed by atoms with Gasteiger partial charge in [-0.1, -0.05) is 23.2 Å². The highest BCUT2D eigenvalue weighted by Gasteiger charge is 2.76. The predicted molar refractivity (Wildman–Crippen MR) is 129 cm³/mol. The number of aryl methyl sites for hydroxylation is 1. The highest BCUT2D eigenvalue weighted by Crippen LogP contribution is 2.46. The number of hydrogen-bond donors (Lipinski definition) is 2. The Labute approximate surface area is 232 Å². The van der Waals surface area contributed by atoms with E-state index in [0.29, 0.717) is 11.3 Å². The van der Waals surface area contributed by atoms with Gasteiger partial charge >= 0.3 is 18.0 Å². The van der Waals surface area contributed by atoms with E-state index in [1.54, 1.807) is 35.9 Å². The zero-order valence-electron chi connectivity index (χ0n) is 19.7. The van der Waals surface area contributed by atoms with E-state index in [0.717, 1.165) is 11.4 Å². The Morgan fingerprint density at radius 3 is 2.33 bits per heavy atom. The summed E-state index contributed by atoms with van der Waals surface area (Å²) >= 11 is 12.6. The van der Waals surface area contributed by atoms with E-state index in [1.807, 2.05) is 0 Å². The zero-order chi connectivity index (χ0) is 28.6. The van der Waals surface area contributed by atoms with Crippen LogP contribution < -0.4 is 15.4 Å². The van der Waals surface area contributed by atoms with Gasteiger partial charge in [-0.3, -0.25) is 14.9 Å². The van der Waals surface area contributed by atoms with E-state index >= 15 is 0 Å². The van der Waals surface area contributed by atoms with Gasteiger partial charge in [0.15, 0.2) is 23.4 Å². The van der Waals surface area contributed by atoms with Crippen LogP contribution in [0.4, 0.5) is 30.7 Å². The Kier molecular flexibility index (Phi) is 9.76. The Balaban J connectivity index is 0.00000533. The van der Waals surface area contributed by atoms with Crippen LogP contribution in [0.1, 0.15) is 27.8 Å². The monoisotopic (exact) mass is 624 g/mol. The van der Waals surface area contributed by atoms with Crippen LogP contribution in [0.3, 0.4) is 0 Å². The summed E-state index contributed by atoms with van der Waals surface area (Å²) in [6, 6.07) is 5.50. The van der Waals surface area contributed by atoms with Crippen LogP contribution >= 0.6 is 35.6 Å². The van der Waals surface area contributed by atoms with E-state index in [1.165, 1.54) is 13.1 Å². The van der Waals surface area contributed by atoms with Crippen molar-refractivity contribution in [2.45, 2.75) is 31.2 Å². The molecule has 2 N–H and O–H groups in total. The molecule has 17 heteroatoms. The van der Waals surface area contributed by atoms with E-state index < -0.39 is 48.0 Å². The van der Waals surface area contributed by atoms with Gasteiger partial charge in [-0.25, -0.2) is 4.98 Å². The van der Waals surface area contributed by atoms with Gasteiger partial charge in [-0.2, -0.15) is 30.7 Å². The highest BCUT2D eigenvalue weighted by molar-refractivity contribution is 6.38. The minimum atomic E-state index is -6.71. The molecule has 3 aromatic rings. The molecule has 0 aliphatic rings. The lowest BCUT2D eigenvalue weighted by Crippen LogP contribution is -2.59. The van der Waals surface area contributed by atoms with Gasteiger partial charge in [0, 0.05) is 23.5 Å². The van der Waals surface area contributed by atoms with Crippen molar-refractivity contribution in [1.29, 1.82) is 0 Å². The van der Waals surface area contributed by atoms with Crippen LogP contribution in [0.2, 0.25) is 10.0 Å². The predicted octanol–water partition coefficient (Wildman–Crippen LogP) is 5.80. The molecule has 3 rings (SSSR count). The van der Waals surface area contributed by atoms with Crippen molar-refractivity contribution in [3.8, 4) is 5.75 Å². The van der Waals surface area contributed by atoms with Crippen LogP contribution in [-0.4, -0.2) is 52.7 Å². The number of carbonyl (C=O) groups excluding carboxylic acids is 2. The van der Waals surface area contributed by atoms with Crippen LogP contribution in [-0.2, 0) is 4.79 Å². The molecule has 0 aliphatic carbocycles. The minimum absolute atomic E-state index is 0. The van der Waals surface area contributed by atoms with Crippen molar-refractivity contribution in [1.82, 2.24) is 20.0 Å². The number of imidazole rings is 1. The number of carbonyl (C=O) groups is 2. The van der Waals surface area contributed by atoms with E-state index in [2.05, 4.69) is 10.3 Å². The number of aromatic nitrogens is 2. The average molecular weight is 626 g/mol. The Hall–Kier alpha value is -2.81. The SMILES string of the molecule is CNC(Oc1cccn2cc(C)nc12)c1c(Cl)ccc(C(=O)CNC(=O)C(F)(F)C(F)(F)C(F)(F)F)c1Cl.Cl. The molecule has 1 amide bonds. The average Bonchev–Trinajstić information content (AvgIpc) is 3.21. The molecule has 0 bridgehead atoms. The maximum Gasteiger partial charge on any atom is 0.460 e. The maximum absolute atomic E-state index is 13.5. The first-order chi connectivity index (χ1) is 17.5. The number of amides is 1. The van der Waals surface area contributed by atoms with Gasteiger partial charge in [-0.15, -0.1) is 12.4 Å². The fraction of sp³-hybridized carbons (Fsp3) is 0.318. The van der Waals surface area contributed by atoms with E-state index in [4.69, 9.17) is 27.9 Å². The molecule has 2 heterocycles. The summed E-state index contributed by atoms with van der Waals surface area (Å²) < 4.78 is 97.8. The summed E-state index contributed by atoms with van der Waals surface area (Å²) in [6.07, 6.45) is -4.36. The zero-order valence-corrected chi connectivity index (χ0v) is 22.0. The molecule has 0 radical (unpaired) electrons. The Bertz CT molecular complexity index is 1380. The number of Topliss-reactive ketones (excluding diaryl/α,β-unsaturated/α-hetero) is 1. The van der Waals surface area contributed by atoms with Gasteiger partial charge in [0.1, 0.15) is 0 Å². The molecule has 0 aliphatic heterocycles. The number of nitrogens with zero attached hydrogens (tertiary/aromatic N) is 2. The van der Waals surface area contributed by atoms with E-state index in [9.17, 15) is 40.3 Å². The number of nitrogens with one attached hydrogen (secondary N) is 2. The Morgan fingerprint density at radius 1 is 1.10 bits per heavy atom. The third-order valence-corrected chi connectivity index (χ3v) is 5.95.